The van der Waals surface area contributed by atoms with E-state index in [0.717, 1.165) is 30.0 Å². The van der Waals surface area contributed by atoms with Crippen LogP contribution in [0.3, 0.4) is 0 Å². The molecule has 6 rings (SSSR count). The van der Waals surface area contributed by atoms with Crippen molar-refractivity contribution in [3.63, 3.8) is 0 Å². The third-order valence-corrected chi connectivity index (χ3v) is 10.4. The van der Waals surface area contributed by atoms with Gasteiger partial charge >= 0.3 is 88.7 Å². The quantitative estimate of drug-likeness (QED) is 0.0400. The van der Waals surface area contributed by atoms with Crippen molar-refractivity contribution in [3.05, 3.63) is 118 Å². The Morgan fingerprint density at radius 2 is 1.27 bits per heavy atom. The number of para-hydroxylation sites is 1. The number of allylic oxidation sites excluding steroid dienone is 4. The Morgan fingerprint density at radius 1 is 0.607 bits per heavy atom. The van der Waals surface area contributed by atoms with Crippen LogP contribution in [0.1, 0.15) is 22.8 Å². The van der Waals surface area contributed by atoms with Gasteiger partial charge in [0.25, 0.3) is 30.4 Å². The summed E-state index contributed by atoms with van der Waals surface area (Å²) in [6, 6.07) is 19.3. The Balaban J connectivity index is 0.00000271. The number of ketones is 2. The van der Waals surface area contributed by atoms with Gasteiger partial charge in [0.2, 0.25) is 11.6 Å². The molecule has 0 saturated heterocycles. The molecule has 0 aliphatic heterocycles. The van der Waals surface area contributed by atoms with Gasteiger partial charge in [0, 0.05) is 50.9 Å². The normalized spacial score (nSPS) is 15.5. The molecule has 0 unspecified atom stereocenters. The van der Waals surface area contributed by atoms with E-state index in [0.29, 0.717) is 11.3 Å². The molecular weight excluding hydrogens is 871 g/mol. The Kier molecular flexibility index (Phi) is 17.5. The Morgan fingerprint density at radius 3 is 1.89 bits per heavy atom. The van der Waals surface area contributed by atoms with Crippen LogP contribution in [0.2, 0.25) is 0 Å². The molecule has 0 atom stereocenters. The van der Waals surface area contributed by atoms with E-state index in [2.05, 4.69) is 26.4 Å². The number of carbonyl (C=O) groups excluding carboxylic acids is 2. The fourth-order valence-electron chi connectivity index (χ4n) is 5.36. The molecule has 0 saturated carbocycles. The summed E-state index contributed by atoms with van der Waals surface area (Å²) in [5, 5.41) is 10.3. The molecule has 1 radical (unpaired) electrons. The maximum absolute atomic E-state index is 13.4. The van der Waals surface area contributed by atoms with Crippen molar-refractivity contribution in [2.45, 2.75) is 16.7 Å². The third kappa shape index (κ3) is 11.2. The predicted octanol–water partition coefficient (Wildman–Crippen LogP) is -4.66. The molecule has 2 aliphatic carbocycles. The topological polar surface area (TPSA) is 258 Å². The minimum Gasteiger partial charge on any atom is -0.356 e. The minimum absolute atomic E-state index is 0. The number of hydrogen-bond acceptors (Lipinski definition) is 13. The number of nitrogens with zero attached hydrogens (tertiary/aromatic N) is 2. The second-order valence-electron chi connectivity index (χ2n) is 11.3. The van der Waals surface area contributed by atoms with Crippen molar-refractivity contribution in [2.75, 3.05) is 10.7 Å². The minimum atomic E-state index is -4.99. The Hall–Kier alpha value is -2.31. The summed E-state index contributed by atoms with van der Waals surface area (Å²) in [4.78, 5) is 24.3. The summed E-state index contributed by atoms with van der Waals surface area (Å²) < 4.78 is 102. The summed E-state index contributed by atoms with van der Waals surface area (Å²) in [5.41, 5.74) is 6.14. The van der Waals surface area contributed by atoms with Crippen molar-refractivity contribution >= 4 is 87.3 Å². The van der Waals surface area contributed by atoms with E-state index >= 15 is 0 Å². The number of fused-ring (bicyclic) bond motifs is 2. The molecular formula is C33H25CuN5Na3O11S3+3. The maximum Gasteiger partial charge on any atom is 1.00 e. The second kappa shape index (κ2) is 19.6. The Labute approximate surface area is 398 Å². The number of benzene rings is 4. The molecule has 0 amide bonds. The van der Waals surface area contributed by atoms with Crippen LogP contribution in [-0.4, -0.2) is 61.9 Å². The number of nitrogens with one attached hydrogen (secondary N) is 3. The SMILES string of the molecule is CC1=C/C(=N/N=C2\C(=O)c3ccc(Nc4ccccc4)cc3C=C2S(=O)(=O)O)C(=O)C=C1NNc1cc(S(=O)(=O)O)c2cccc(S(=O)(=O)O)c2c1.[Cu].[Na+].[Na+].[Na+]. The molecule has 16 nitrogen and oxygen atoms in total. The van der Waals surface area contributed by atoms with Gasteiger partial charge < -0.3 is 16.2 Å². The van der Waals surface area contributed by atoms with Crippen LogP contribution in [0.25, 0.3) is 16.8 Å². The first kappa shape index (κ1) is 49.8. The van der Waals surface area contributed by atoms with E-state index in [1.165, 1.54) is 43.3 Å². The number of carbonyl (C=O) groups is 2. The molecule has 6 N–H and O–H groups in total. The number of rotatable bonds is 9. The van der Waals surface area contributed by atoms with Crippen LogP contribution in [0, 0.1) is 0 Å². The van der Waals surface area contributed by atoms with Crippen molar-refractivity contribution in [2.24, 2.45) is 10.2 Å². The average Bonchev–Trinajstić information content (AvgIpc) is 3.06. The van der Waals surface area contributed by atoms with Gasteiger partial charge in [-0.1, -0.05) is 30.3 Å². The fraction of sp³-hybridized carbons (Fsp3) is 0.0303. The van der Waals surface area contributed by atoms with Gasteiger partial charge in [-0.15, -0.1) is 10.2 Å². The number of hydrazine groups is 1. The van der Waals surface area contributed by atoms with Crippen molar-refractivity contribution in [1.29, 1.82) is 0 Å². The van der Waals surface area contributed by atoms with Crippen LogP contribution in [0.5, 0.6) is 0 Å². The van der Waals surface area contributed by atoms with Crippen LogP contribution < -0.4 is 105 Å². The molecule has 0 aromatic heterocycles. The first-order valence-electron chi connectivity index (χ1n) is 14.7. The largest absolute Gasteiger partial charge is 1.00 e. The Bertz CT molecular complexity index is 2740. The summed E-state index contributed by atoms with van der Waals surface area (Å²) >= 11 is 0. The molecule has 56 heavy (non-hydrogen) atoms. The summed E-state index contributed by atoms with van der Waals surface area (Å²) in [6.07, 6.45) is 3.36. The zero-order valence-corrected chi connectivity index (χ0v) is 39.2. The average molecular weight is 896 g/mol. The number of hydrogen-bond donors (Lipinski definition) is 6. The monoisotopic (exact) mass is 895 g/mol. The standard InChI is InChI=1S/C33H25N5O11S3.Cu.3Na/c1-18-12-27(28(39)17-26(18)36-35-22-15-25-24(30(16-22)51(44,45)46)8-5-9-29(25)50(41,42)43)37-38-32-31(52(47,48)49)14-19-13-21(10-11-23(19)33(32)40)34-20-6-3-2-4-7-20;;;;/h2-17,34-36H,1H3,(H,41,42,43)(H,44,45,46)(H,47,48,49);;;;/q;;3*+1/b37-27-,38-32-;;;;. The molecule has 23 heteroatoms. The third-order valence-electron chi connectivity index (χ3n) is 7.75. The van der Waals surface area contributed by atoms with E-state index in [4.69, 9.17) is 0 Å². The first-order valence-corrected chi connectivity index (χ1v) is 19.1. The van der Waals surface area contributed by atoms with Gasteiger partial charge in [-0.2, -0.15) is 25.3 Å². The van der Waals surface area contributed by atoms with Gasteiger partial charge in [0.05, 0.1) is 11.4 Å². The molecule has 277 valence electrons. The molecule has 0 fully saturated rings. The van der Waals surface area contributed by atoms with E-state index in [1.54, 1.807) is 18.2 Å². The molecule has 0 heterocycles. The van der Waals surface area contributed by atoms with Crippen molar-refractivity contribution in [3.8, 4) is 0 Å². The van der Waals surface area contributed by atoms with E-state index in [9.17, 15) is 48.5 Å². The maximum atomic E-state index is 13.4. The van der Waals surface area contributed by atoms with Crippen LogP contribution in [0.15, 0.2) is 127 Å². The molecule has 2 aliphatic rings. The van der Waals surface area contributed by atoms with Gasteiger partial charge in [-0.3, -0.25) is 23.2 Å². The molecule has 0 bridgehead atoms. The fourth-order valence-corrected chi connectivity index (χ4v) is 7.44. The van der Waals surface area contributed by atoms with Gasteiger partial charge in [0.15, 0.2) is 5.71 Å². The van der Waals surface area contributed by atoms with Gasteiger partial charge in [0.1, 0.15) is 20.4 Å². The molecule has 4 aromatic rings. The molecule has 0 spiro atoms. The van der Waals surface area contributed by atoms with Gasteiger partial charge in [-0.05, 0) is 78.7 Å². The number of Topliss-reactive ketones (excluding diaryl/α,β-unsaturated/α-hetero) is 1. The summed E-state index contributed by atoms with van der Waals surface area (Å²) in [5.74, 6) is -1.63. The second-order valence-corrected chi connectivity index (χ2v) is 15.5. The van der Waals surface area contributed by atoms with Crippen molar-refractivity contribution in [1.82, 2.24) is 5.43 Å². The summed E-state index contributed by atoms with van der Waals surface area (Å²) in [7, 11) is -14.7. The predicted molar refractivity (Wildman–Crippen MR) is 192 cm³/mol. The van der Waals surface area contributed by atoms with Gasteiger partial charge in [-0.25, -0.2) is 0 Å². The van der Waals surface area contributed by atoms with Crippen LogP contribution in [-0.2, 0) is 52.2 Å². The zero-order valence-electron chi connectivity index (χ0n) is 29.8. The smallest absolute Gasteiger partial charge is 0.356 e. The number of anilines is 3. The van der Waals surface area contributed by atoms with E-state index < -0.39 is 62.3 Å². The zero-order chi connectivity index (χ0) is 37.6. The van der Waals surface area contributed by atoms with E-state index in [-0.39, 0.29) is 145 Å². The van der Waals surface area contributed by atoms with Crippen molar-refractivity contribution < 1.29 is 154 Å². The van der Waals surface area contributed by atoms with Crippen LogP contribution in [0.4, 0.5) is 17.1 Å². The van der Waals surface area contributed by atoms with Crippen LogP contribution >= 0.6 is 0 Å². The first-order chi connectivity index (χ1) is 24.4. The molecule has 4 aromatic carbocycles. The van der Waals surface area contributed by atoms with E-state index in [1.807, 2.05) is 18.2 Å². The summed E-state index contributed by atoms with van der Waals surface area (Å²) in [6.45, 7) is 1.53.